The third kappa shape index (κ3) is 9.99. The molecule has 0 amide bonds. The summed E-state index contributed by atoms with van der Waals surface area (Å²) in [5.41, 5.74) is -1.06. The van der Waals surface area contributed by atoms with Gasteiger partial charge in [-0.25, -0.2) is 0 Å². The van der Waals surface area contributed by atoms with Crippen molar-refractivity contribution < 1.29 is 38.5 Å². The maximum absolute atomic E-state index is 12.5. The van der Waals surface area contributed by atoms with Crippen molar-refractivity contribution >= 4 is 23.7 Å². The highest BCUT2D eigenvalue weighted by Crippen LogP contribution is 2.34. The van der Waals surface area contributed by atoms with E-state index >= 15 is 0 Å². The van der Waals surface area contributed by atoms with Gasteiger partial charge >= 0.3 is 17.9 Å². The van der Waals surface area contributed by atoms with Crippen LogP contribution in [0.2, 0.25) is 0 Å². The minimum atomic E-state index is -1.29. The zero-order valence-electron chi connectivity index (χ0n) is 19.7. The second-order valence-corrected chi connectivity index (χ2v) is 7.75. The molecule has 8 nitrogen and oxygen atoms in total. The lowest BCUT2D eigenvalue weighted by Gasteiger charge is -2.27. The zero-order valence-corrected chi connectivity index (χ0v) is 19.7. The molecular formula is C25H34O8. The van der Waals surface area contributed by atoms with Gasteiger partial charge in [0.1, 0.15) is 6.10 Å². The quantitative estimate of drug-likeness (QED) is 0.192. The topological polar surface area (TPSA) is 116 Å². The van der Waals surface area contributed by atoms with Crippen molar-refractivity contribution in [1.29, 1.82) is 0 Å². The van der Waals surface area contributed by atoms with E-state index in [1.807, 2.05) is 6.92 Å². The molecule has 33 heavy (non-hydrogen) atoms. The molecule has 0 bridgehead atoms. The number of carbonyl (C=O) groups excluding carboxylic acids is 4. The summed E-state index contributed by atoms with van der Waals surface area (Å²) in [7, 11) is 1.27. The predicted molar refractivity (Wildman–Crippen MR) is 122 cm³/mol. The molecule has 1 rings (SSSR count). The molecule has 3 unspecified atom stereocenters. The minimum absolute atomic E-state index is 0.0540. The van der Waals surface area contributed by atoms with Crippen molar-refractivity contribution in [3.05, 3.63) is 48.1 Å². The van der Waals surface area contributed by atoms with Crippen LogP contribution in [0.1, 0.15) is 59.3 Å². The van der Waals surface area contributed by atoms with Crippen LogP contribution in [0.3, 0.4) is 0 Å². The number of ketones is 1. The Morgan fingerprint density at radius 3 is 2.48 bits per heavy atom. The second kappa shape index (κ2) is 14.2. The van der Waals surface area contributed by atoms with Crippen LogP contribution in [0.4, 0.5) is 0 Å². The van der Waals surface area contributed by atoms with E-state index in [9.17, 15) is 24.3 Å². The Hall–Kier alpha value is -3.00. The zero-order chi connectivity index (χ0) is 24.9. The Bertz CT molecular complexity index is 820. The fourth-order valence-corrected chi connectivity index (χ4v) is 3.34. The summed E-state index contributed by atoms with van der Waals surface area (Å²) in [6, 6.07) is 0. The summed E-state index contributed by atoms with van der Waals surface area (Å²) in [6.45, 7) is 4.55. The van der Waals surface area contributed by atoms with Crippen LogP contribution in [0.5, 0.6) is 0 Å². The number of hydrogen-bond acceptors (Lipinski definition) is 8. The number of methoxy groups -OCH3 is 1. The van der Waals surface area contributed by atoms with E-state index in [0.29, 0.717) is 6.42 Å². The van der Waals surface area contributed by atoms with Gasteiger partial charge in [-0.3, -0.25) is 19.2 Å². The van der Waals surface area contributed by atoms with Crippen LogP contribution < -0.4 is 0 Å². The molecule has 0 saturated carbocycles. The van der Waals surface area contributed by atoms with Gasteiger partial charge in [-0.15, -0.1) is 0 Å². The molecule has 0 aromatic carbocycles. The average molecular weight is 463 g/mol. The van der Waals surface area contributed by atoms with Gasteiger partial charge in [-0.05, 0) is 31.1 Å². The van der Waals surface area contributed by atoms with Crippen LogP contribution in [0.15, 0.2) is 48.1 Å². The highest BCUT2D eigenvalue weighted by molar-refractivity contribution is 6.09. The Morgan fingerprint density at radius 2 is 1.88 bits per heavy atom. The first kappa shape index (κ1) is 28.0. The lowest BCUT2D eigenvalue weighted by Crippen LogP contribution is -2.33. The summed E-state index contributed by atoms with van der Waals surface area (Å²) < 4.78 is 15.3. The van der Waals surface area contributed by atoms with E-state index < -0.39 is 35.7 Å². The van der Waals surface area contributed by atoms with E-state index in [2.05, 4.69) is 4.74 Å². The number of rotatable bonds is 13. The van der Waals surface area contributed by atoms with Crippen LogP contribution in [0, 0.1) is 0 Å². The maximum Gasteiger partial charge on any atom is 0.305 e. The number of aliphatic hydroxyl groups is 1. The van der Waals surface area contributed by atoms with Crippen molar-refractivity contribution in [3.63, 3.8) is 0 Å². The molecule has 0 fully saturated rings. The highest BCUT2D eigenvalue weighted by atomic mass is 16.6. The highest BCUT2D eigenvalue weighted by Gasteiger charge is 2.41. The monoisotopic (exact) mass is 462 g/mol. The van der Waals surface area contributed by atoms with Gasteiger partial charge in [-0.1, -0.05) is 44.1 Å². The Balaban J connectivity index is 3.08. The Morgan fingerprint density at radius 1 is 1.15 bits per heavy atom. The molecule has 1 aliphatic rings. The van der Waals surface area contributed by atoms with Crippen LogP contribution >= 0.6 is 0 Å². The van der Waals surface area contributed by atoms with Crippen LogP contribution in [-0.4, -0.2) is 53.7 Å². The summed E-state index contributed by atoms with van der Waals surface area (Å²) in [5, 5.41) is 10.0. The van der Waals surface area contributed by atoms with Crippen molar-refractivity contribution in [2.75, 3.05) is 7.11 Å². The summed E-state index contributed by atoms with van der Waals surface area (Å²) in [6.07, 6.45) is 12.4. The van der Waals surface area contributed by atoms with Gasteiger partial charge in [0.15, 0.2) is 11.4 Å². The number of esters is 3. The molecule has 0 saturated heterocycles. The third-order valence-electron chi connectivity index (χ3n) is 4.95. The lowest BCUT2D eigenvalue weighted by molar-refractivity contribution is -0.149. The molecule has 1 aliphatic carbocycles. The van der Waals surface area contributed by atoms with Crippen LogP contribution in [-0.2, 0) is 33.4 Å². The number of unbranched alkanes of at least 4 members (excludes halogenated alkanes) is 1. The van der Waals surface area contributed by atoms with E-state index in [1.54, 1.807) is 18.2 Å². The Labute approximate surface area is 195 Å². The molecular weight excluding hydrogens is 428 g/mol. The van der Waals surface area contributed by atoms with Crippen molar-refractivity contribution in [2.45, 2.75) is 77.1 Å². The van der Waals surface area contributed by atoms with E-state index in [1.165, 1.54) is 45.3 Å². The van der Waals surface area contributed by atoms with Gasteiger partial charge in [0.05, 0.1) is 13.2 Å². The first-order chi connectivity index (χ1) is 15.6. The number of carbonyl (C=O) groups is 4. The number of hydrogen-bond donors (Lipinski definition) is 1. The maximum atomic E-state index is 12.5. The van der Waals surface area contributed by atoms with Crippen molar-refractivity contribution in [2.24, 2.45) is 0 Å². The average Bonchev–Trinajstić information content (AvgIpc) is 3.04. The smallest absolute Gasteiger partial charge is 0.305 e. The standard InChI is InChI=1S/C25H34O8/c1-5-6-9-20(28)10-8-16-25(33-19(3)27)17-15-23(29)22(25)12-7-11-21(32-18(2)26)13-14-24(30)31-4/h7-8,10-12,15,17,20-21,28H,5-6,9,13-14,16H2,1-4H3. The minimum Gasteiger partial charge on any atom is -0.469 e. The molecule has 0 aromatic rings. The molecule has 0 spiro atoms. The normalized spacial score (nSPS) is 21.0. The van der Waals surface area contributed by atoms with Gasteiger partial charge in [0.2, 0.25) is 0 Å². The summed E-state index contributed by atoms with van der Waals surface area (Å²) in [5.74, 6) is -1.82. The number of allylic oxidation sites excluding steroid dienone is 3. The molecule has 0 radical (unpaired) electrons. The number of ether oxygens (including phenoxy) is 3. The summed E-state index contributed by atoms with van der Waals surface area (Å²) in [4.78, 5) is 47.1. The number of aliphatic hydroxyl groups excluding tert-OH is 1. The largest absolute Gasteiger partial charge is 0.469 e. The summed E-state index contributed by atoms with van der Waals surface area (Å²) >= 11 is 0. The van der Waals surface area contributed by atoms with E-state index in [0.717, 1.165) is 12.8 Å². The molecule has 3 atom stereocenters. The fourth-order valence-electron chi connectivity index (χ4n) is 3.34. The molecule has 182 valence electrons. The Kier molecular flexibility index (Phi) is 12.1. The molecule has 0 aromatic heterocycles. The second-order valence-electron chi connectivity index (χ2n) is 7.75. The SMILES string of the molecule is CCCCC(O)C=CCC1(OC(C)=O)C=CC(=O)C1=CC=CC(CCC(=O)OC)OC(C)=O. The first-order valence-corrected chi connectivity index (χ1v) is 11.0. The van der Waals surface area contributed by atoms with Gasteiger partial charge in [0.25, 0.3) is 0 Å². The van der Waals surface area contributed by atoms with E-state index in [4.69, 9.17) is 9.47 Å². The van der Waals surface area contributed by atoms with Gasteiger partial charge < -0.3 is 19.3 Å². The third-order valence-corrected chi connectivity index (χ3v) is 4.95. The van der Waals surface area contributed by atoms with E-state index in [-0.39, 0.29) is 30.6 Å². The van der Waals surface area contributed by atoms with Crippen molar-refractivity contribution in [1.82, 2.24) is 0 Å². The molecule has 0 aliphatic heterocycles. The predicted octanol–water partition coefficient (Wildman–Crippen LogP) is 3.29. The lowest BCUT2D eigenvalue weighted by atomic mass is 9.91. The van der Waals surface area contributed by atoms with Crippen LogP contribution in [0.25, 0.3) is 0 Å². The fraction of sp³-hybridized carbons (Fsp3) is 0.520. The van der Waals surface area contributed by atoms with Crippen molar-refractivity contribution in [3.8, 4) is 0 Å². The molecule has 1 N–H and O–H groups in total. The molecule has 8 heteroatoms. The van der Waals surface area contributed by atoms with Gasteiger partial charge in [0, 0.05) is 32.3 Å². The molecule has 0 heterocycles. The van der Waals surface area contributed by atoms with Gasteiger partial charge in [-0.2, -0.15) is 0 Å². The first-order valence-electron chi connectivity index (χ1n) is 11.0.